The molecule has 0 N–H and O–H groups in total. The van der Waals surface area contributed by atoms with Crippen molar-refractivity contribution in [2.45, 2.75) is 26.4 Å². The molecule has 0 bridgehead atoms. The van der Waals surface area contributed by atoms with Crippen LogP contribution in [-0.4, -0.2) is 5.97 Å². The van der Waals surface area contributed by atoms with Crippen molar-refractivity contribution in [3.63, 3.8) is 0 Å². The fourth-order valence-electron chi connectivity index (χ4n) is 4.04. The largest absolute Gasteiger partial charge is 0.460 e. The highest BCUT2D eigenvalue weighted by Crippen LogP contribution is 2.44. The van der Waals surface area contributed by atoms with Gasteiger partial charge in [-0.1, -0.05) is 48.5 Å². The van der Waals surface area contributed by atoms with E-state index in [0.29, 0.717) is 22.6 Å². The average molecular weight is 412 g/mol. The Morgan fingerprint density at radius 1 is 0.935 bits per heavy atom. The number of fused-ring (bicyclic) bond motifs is 3. The summed E-state index contributed by atoms with van der Waals surface area (Å²) in [6, 6.07) is 20.1. The Balaban J connectivity index is 1.50. The Labute approximate surface area is 178 Å². The second-order valence-electron chi connectivity index (χ2n) is 7.69. The molecule has 1 aliphatic heterocycles. The van der Waals surface area contributed by atoms with Crippen LogP contribution in [0.4, 0.5) is 0 Å². The summed E-state index contributed by atoms with van der Waals surface area (Å²) in [7, 11) is 0. The zero-order valence-electron chi connectivity index (χ0n) is 17.2. The van der Waals surface area contributed by atoms with Crippen LogP contribution >= 0.6 is 0 Å². The van der Waals surface area contributed by atoms with Gasteiger partial charge >= 0.3 is 11.6 Å². The van der Waals surface area contributed by atoms with Gasteiger partial charge in [-0.3, -0.25) is 4.79 Å². The molecule has 1 aliphatic rings. The van der Waals surface area contributed by atoms with E-state index in [9.17, 15) is 9.59 Å². The smallest absolute Gasteiger partial charge is 0.336 e. The van der Waals surface area contributed by atoms with Gasteiger partial charge in [0.05, 0.1) is 0 Å². The maximum absolute atomic E-state index is 13.3. The summed E-state index contributed by atoms with van der Waals surface area (Å²) < 4.78 is 17.1. The molecule has 0 saturated heterocycles. The number of carbonyl (C=O) groups is 1. The van der Waals surface area contributed by atoms with Crippen LogP contribution in [0.3, 0.4) is 0 Å². The molecule has 0 aliphatic carbocycles. The first kappa shape index (κ1) is 19.1. The lowest BCUT2D eigenvalue weighted by atomic mass is 9.88. The number of ether oxygens (including phenoxy) is 2. The van der Waals surface area contributed by atoms with Crippen LogP contribution in [0.2, 0.25) is 0 Å². The topological polar surface area (TPSA) is 65.7 Å². The van der Waals surface area contributed by atoms with Gasteiger partial charge in [0.25, 0.3) is 0 Å². The first-order valence-corrected chi connectivity index (χ1v) is 10.1. The van der Waals surface area contributed by atoms with Gasteiger partial charge in [0, 0.05) is 28.1 Å². The minimum absolute atomic E-state index is 0.0227. The van der Waals surface area contributed by atoms with Crippen LogP contribution in [0.15, 0.2) is 75.9 Å². The Morgan fingerprint density at radius 2 is 1.58 bits per heavy atom. The molecule has 0 radical (unpaired) electrons. The van der Waals surface area contributed by atoms with Crippen molar-refractivity contribution < 1.29 is 18.7 Å². The summed E-state index contributed by atoms with van der Waals surface area (Å²) >= 11 is 0. The van der Waals surface area contributed by atoms with Crippen molar-refractivity contribution in [3.8, 4) is 11.5 Å². The van der Waals surface area contributed by atoms with Crippen LogP contribution < -0.4 is 10.4 Å². The molecular weight excluding hydrogens is 392 g/mol. The lowest BCUT2D eigenvalue weighted by Crippen LogP contribution is -2.21. The maximum atomic E-state index is 13.3. The highest BCUT2D eigenvalue weighted by Gasteiger charge is 2.33. The minimum Gasteiger partial charge on any atom is -0.460 e. The lowest BCUT2D eigenvalue weighted by Gasteiger charge is -2.26. The normalized spacial score (nSPS) is 12.7. The zero-order chi connectivity index (χ0) is 21.5. The zero-order valence-corrected chi connectivity index (χ0v) is 17.2. The number of aryl methyl sites for hydroxylation is 2. The summed E-state index contributed by atoms with van der Waals surface area (Å²) in [4.78, 5) is 25.4. The van der Waals surface area contributed by atoms with E-state index in [2.05, 4.69) is 0 Å². The Morgan fingerprint density at radius 3 is 2.26 bits per heavy atom. The molecule has 5 rings (SSSR count). The molecule has 0 unspecified atom stereocenters. The second kappa shape index (κ2) is 7.43. The Kier molecular flexibility index (Phi) is 4.59. The molecular formula is C26H20O5. The molecule has 154 valence electrons. The first-order chi connectivity index (χ1) is 15.0. The SMILES string of the molecule is Cc1ccc2c(COC(=O)C3c4ccccc4Oc4ccccc43)cc(=O)oc2c1C. The van der Waals surface area contributed by atoms with Crippen molar-refractivity contribution in [1.29, 1.82) is 0 Å². The van der Waals surface area contributed by atoms with E-state index in [1.54, 1.807) is 0 Å². The van der Waals surface area contributed by atoms with Crippen LogP contribution in [0.5, 0.6) is 11.5 Å². The monoisotopic (exact) mass is 412 g/mol. The molecule has 4 aromatic rings. The number of esters is 1. The van der Waals surface area contributed by atoms with Gasteiger partial charge in [0.2, 0.25) is 0 Å². The van der Waals surface area contributed by atoms with E-state index >= 15 is 0 Å². The van der Waals surface area contributed by atoms with Gasteiger partial charge in [-0.25, -0.2) is 4.79 Å². The number of benzene rings is 3. The predicted octanol–water partition coefficient (Wildman–Crippen LogP) is 5.39. The lowest BCUT2D eigenvalue weighted by molar-refractivity contribution is -0.145. The summed E-state index contributed by atoms with van der Waals surface area (Å²) in [6.07, 6.45) is 0. The maximum Gasteiger partial charge on any atom is 0.336 e. The molecule has 0 fully saturated rings. The molecule has 5 nitrogen and oxygen atoms in total. The predicted molar refractivity (Wildman–Crippen MR) is 117 cm³/mol. The molecule has 31 heavy (non-hydrogen) atoms. The van der Waals surface area contributed by atoms with E-state index in [0.717, 1.165) is 27.6 Å². The van der Waals surface area contributed by atoms with Gasteiger partial charge in [-0.05, 0) is 37.1 Å². The van der Waals surface area contributed by atoms with E-state index in [-0.39, 0.29) is 6.61 Å². The highest BCUT2D eigenvalue weighted by atomic mass is 16.5. The minimum atomic E-state index is -0.600. The molecule has 1 aromatic heterocycles. The van der Waals surface area contributed by atoms with Crippen LogP contribution in [0.1, 0.15) is 33.7 Å². The number of hydrogen-bond acceptors (Lipinski definition) is 5. The van der Waals surface area contributed by atoms with Gasteiger partial charge in [-0.2, -0.15) is 0 Å². The van der Waals surface area contributed by atoms with Crippen LogP contribution in [0.25, 0.3) is 11.0 Å². The van der Waals surface area contributed by atoms with E-state index < -0.39 is 17.5 Å². The number of hydrogen-bond donors (Lipinski definition) is 0. The Bertz CT molecular complexity index is 1340. The van der Waals surface area contributed by atoms with E-state index in [1.807, 2.05) is 74.5 Å². The third-order valence-corrected chi connectivity index (χ3v) is 5.80. The Hall–Kier alpha value is -3.86. The molecule has 0 atom stereocenters. The molecule has 3 aromatic carbocycles. The van der Waals surface area contributed by atoms with Crippen LogP contribution in [0, 0.1) is 13.8 Å². The number of para-hydroxylation sites is 2. The summed E-state index contributed by atoms with van der Waals surface area (Å²) in [5, 5.41) is 0.767. The van der Waals surface area contributed by atoms with Gasteiger partial charge in [0.15, 0.2) is 0 Å². The van der Waals surface area contributed by atoms with Gasteiger partial charge in [0.1, 0.15) is 29.6 Å². The van der Waals surface area contributed by atoms with Crippen molar-refractivity contribution in [1.82, 2.24) is 0 Å². The summed E-state index contributed by atoms with van der Waals surface area (Å²) in [6.45, 7) is 3.85. The number of rotatable bonds is 3. The molecule has 2 heterocycles. The second-order valence-corrected chi connectivity index (χ2v) is 7.69. The number of carbonyl (C=O) groups excluding carboxylic acids is 1. The molecule has 0 saturated carbocycles. The van der Waals surface area contributed by atoms with Crippen LogP contribution in [-0.2, 0) is 16.1 Å². The van der Waals surface area contributed by atoms with Crippen molar-refractivity contribution >= 4 is 16.9 Å². The highest BCUT2D eigenvalue weighted by molar-refractivity contribution is 5.87. The first-order valence-electron chi connectivity index (χ1n) is 10.1. The van der Waals surface area contributed by atoms with Crippen molar-refractivity contribution in [2.75, 3.05) is 0 Å². The quantitative estimate of drug-likeness (QED) is 0.333. The van der Waals surface area contributed by atoms with Gasteiger partial charge in [-0.15, -0.1) is 0 Å². The third-order valence-electron chi connectivity index (χ3n) is 5.80. The molecule has 0 amide bonds. The molecule has 5 heteroatoms. The summed E-state index contributed by atoms with van der Waals surface area (Å²) in [5.41, 5.74) is 4.13. The van der Waals surface area contributed by atoms with Gasteiger partial charge < -0.3 is 13.9 Å². The standard InChI is InChI=1S/C26H20O5/c1-15-11-12-18-17(13-23(27)31-25(18)16(15)2)14-29-26(28)24-19-7-3-5-9-21(19)30-22-10-6-4-8-20(22)24/h3-13,24H,14H2,1-2H3. The average Bonchev–Trinajstić information content (AvgIpc) is 2.78. The third kappa shape index (κ3) is 3.28. The van der Waals surface area contributed by atoms with E-state index in [4.69, 9.17) is 13.9 Å². The van der Waals surface area contributed by atoms with Crippen molar-refractivity contribution in [3.05, 3.63) is 105 Å². The fourth-order valence-corrected chi connectivity index (χ4v) is 4.04. The molecule has 0 spiro atoms. The van der Waals surface area contributed by atoms with Crippen molar-refractivity contribution in [2.24, 2.45) is 0 Å². The summed E-state index contributed by atoms with van der Waals surface area (Å²) in [5.74, 6) is 0.282. The van der Waals surface area contributed by atoms with E-state index in [1.165, 1.54) is 6.07 Å². The fraction of sp³-hybridized carbons (Fsp3) is 0.154.